The standard InChI is InChI=1S/C26H31N5O4/c1-18-7-8-22-21(15-18)26(34)28-9-13-30(11-4-6-23(32)27-10-14-35-22)24(33)16-20-17-29-25-19(2)5-3-12-31(20)25/h3,5,7-8,12,15,17H,4,6,9-11,13-14,16H2,1-2H3,(H,27,32)(H,28,34). The third-order valence-corrected chi connectivity index (χ3v) is 6.05. The molecule has 4 rings (SSSR count). The Balaban J connectivity index is 1.49. The van der Waals surface area contributed by atoms with E-state index in [0.29, 0.717) is 43.8 Å². The van der Waals surface area contributed by atoms with Crippen molar-refractivity contribution in [3.05, 3.63) is 65.1 Å². The molecular formula is C26H31N5O4. The number of amides is 3. The van der Waals surface area contributed by atoms with Gasteiger partial charge in [-0.15, -0.1) is 0 Å². The summed E-state index contributed by atoms with van der Waals surface area (Å²) in [5.41, 5.74) is 4.04. The van der Waals surface area contributed by atoms with E-state index in [2.05, 4.69) is 15.6 Å². The fraction of sp³-hybridized carbons (Fsp3) is 0.385. The zero-order valence-corrected chi connectivity index (χ0v) is 20.2. The number of pyridine rings is 1. The highest BCUT2D eigenvalue weighted by molar-refractivity contribution is 5.97. The molecule has 0 fully saturated rings. The molecule has 0 unspecified atom stereocenters. The lowest BCUT2D eigenvalue weighted by Gasteiger charge is -2.23. The maximum Gasteiger partial charge on any atom is 0.255 e. The van der Waals surface area contributed by atoms with Gasteiger partial charge in [-0.2, -0.15) is 0 Å². The van der Waals surface area contributed by atoms with Crippen molar-refractivity contribution in [1.82, 2.24) is 24.9 Å². The Hall–Kier alpha value is -3.88. The Morgan fingerprint density at radius 3 is 2.83 bits per heavy atom. The number of benzene rings is 1. The number of nitrogens with zero attached hydrogens (tertiary/aromatic N) is 3. The molecule has 2 N–H and O–H groups in total. The topological polar surface area (TPSA) is 105 Å². The van der Waals surface area contributed by atoms with Crippen LogP contribution in [0.2, 0.25) is 0 Å². The summed E-state index contributed by atoms with van der Waals surface area (Å²) in [5.74, 6) is 0.0404. The molecule has 35 heavy (non-hydrogen) atoms. The lowest BCUT2D eigenvalue weighted by atomic mass is 10.1. The molecule has 0 radical (unpaired) electrons. The monoisotopic (exact) mass is 477 g/mol. The predicted octanol–water partition coefficient (Wildman–Crippen LogP) is 2.04. The van der Waals surface area contributed by atoms with Crippen molar-refractivity contribution in [2.75, 3.05) is 32.8 Å². The van der Waals surface area contributed by atoms with E-state index in [4.69, 9.17) is 4.74 Å². The van der Waals surface area contributed by atoms with Crippen LogP contribution >= 0.6 is 0 Å². The minimum Gasteiger partial charge on any atom is -0.491 e. The van der Waals surface area contributed by atoms with E-state index >= 15 is 0 Å². The van der Waals surface area contributed by atoms with Gasteiger partial charge < -0.3 is 24.7 Å². The van der Waals surface area contributed by atoms with Crippen LogP contribution in [-0.4, -0.2) is 64.8 Å². The SMILES string of the molecule is Cc1ccc2c(c1)C(=O)NCCN(C(=O)Cc1cnc3c(C)cccn13)CCCC(=O)NCCO2. The van der Waals surface area contributed by atoms with Gasteiger partial charge >= 0.3 is 0 Å². The van der Waals surface area contributed by atoms with Crippen molar-refractivity contribution in [3.8, 4) is 5.75 Å². The Morgan fingerprint density at radius 1 is 1.11 bits per heavy atom. The average Bonchev–Trinajstić information content (AvgIpc) is 3.24. The molecule has 3 amide bonds. The van der Waals surface area contributed by atoms with E-state index in [0.717, 1.165) is 22.5 Å². The highest BCUT2D eigenvalue weighted by Crippen LogP contribution is 2.20. The minimum atomic E-state index is -0.257. The Labute approximate surface area is 204 Å². The smallest absolute Gasteiger partial charge is 0.255 e. The van der Waals surface area contributed by atoms with Gasteiger partial charge in [-0.1, -0.05) is 17.7 Å². The van der Waals surface area contributed by atoms with Gasteiger partial charge in [-0.3, -0.25) is 14.4 Å². The Bertz CT molecular complexity index is 1240. The predicted molar refractivity (Wildman–Crippen MR) is 131 cm³/mol. The van der Waals surface area contributed by atoms with E-state index in [1.54, 1.807) is 23.2 Å². The van der Waals surface area contributed by atoms with E-state index in [9.17, 15) is 14.4 Å². The quantitative estimate of drug-likeness (QED) is 0.588. The number of aromatic nitrogens is 2. The molecule has 1 aromatic carbocycles. The summed E-state index contributed by atoms with van der Waals surface area (Å²) in [6.07, 6.45) is 4.64. The molecule has 2 aromatic heterocycles. The third kappa shape index (κ3) is 5.98. The lowest BCUT2D eigenvalue weighted by molar-refractivity contribution is -0.131. The van der Waals surface area contributed by atoms with Crippen molar-refractivity contribution in [2.24, 2.45) is 0 Å². The molecule has 3 heterocycles. The van der Waals surface area contributed by atoms with Crippen LogP contribution in [0.5, 0.6) is 5.75 Å². The van der Waals surface area contributed by atoms with Crippen LogP contribution in [0.15, 0.2) is 42.7 Å². The molecule has 184 valence electrons. The number of imidazole rings is 1. The first-order valence-electron chi connectivity index (χ1n) is 11.9. The molecular weight excluding hydrogens is 446 g/mol. The lowest BCUT2D eigenvalue weighted by Crippen LogP contribution is -2.40. The summed E-state index contributed by atoms with van der Waals surface area (Å²) < 4.78 is 7.68. The maximum absolute atomic E-state index is 13.2. The Kier molecular flexibility index (Phi) is 7.64. The normalized spacial score (nSPS) is 15.9. The minimum absolute atomic E-state index is 0.0770. The summed E-state index contributed by atoms with van der Waals surface area (Å²) in [6.45, 7) is 5.54. The van der Waals surface area contributed by atoms with Crippen molar-refractivity contribution in [1.29, 1.82) is 0 Å². The maximum atomic E-state index is 13.2. The zero-order valence-electron chi connectivity index (χ0n) is 20.2. The summed E-state index contributed by atoms with van der Waals surface area (Å²) >= 11 is 0. The van der Waals surface area contributed by atoms with Gasteiger partial charge in [0.25, 0.3) is 5.91 Å². The number of aryl methyl sites for hydroxylation is 2. The highest BCUT2D eigenvalue weighted by Gasteiger charge is 2.19. The molecule has 0 saturated carbocycles. The van der Waals surface area contributed by atoms with Crippen LogP contribution in [-0.2, 0) is 16.0 Å². The fourth-order valence-electron chi connectivity index (χ4n) is 4.18. The fourth-order valence-corrected chi connectivity index (χ4v) is 4.18. The first-order valence-corrected chi connectivity index (χ1v) is 11.9. The summed E-state index contributed by atoms with van der Waals surface area (Å²) in [6, 6.07) is 9.32. The number of hydrogen-bond donors (Lipinski definition) is 2. The summed E-state index contributed by atoms with van der Waals surface area (Å²) in [4.78, 5) is 44.5. The van der Waals surface area contributed by atoms with Gasteiger partial charge in [0.2, 0.25) is 11.8 Å². The molecule has 3 aromatic rings. The molecule has 0 saturated heterocycles. The van der Waals surface area contributed by atoms with Crippen molar-refractivity contribution < 1.29 is 19.1 Å². The second kappa shape index (κ2) is 11.0. The van der Waals surface area contributed by atoms with Crippen molar-refractivity contribution >= 4 is 23.4 Å². The second-order valence-electron chi connectivity index (χ2n) is 8.75. The molecule has 0 atom stereocenters. The summed E-state index contributed by atoms with van der Waals surface area (Å²) in [7, 11) is 0. The Morgan fingerprint density at radius 2 is 1.97 bits per heavy atom. The van der Waals surface area contributed by atoms with Gasteiger partial charge in [-0.05, 0) is 44.0 Å². The van der Waals surface area contributed by atoms with Gasteiger partial charge in [0.05, 0.1) is 24.2 Å². The third-order valence-electron chi connectivity index (χ3n) is 6.05. The molecule has 0 bridgehead atoms. The number of hydrogen-bond acceptors (Lipinski definition) is 5. The van der Waals surface area contributed by atoms with E-state index in [1.807, 2.05) is 42.6 Å². The molecule has 9 nitrogen and oxygen atoms in total. The van der Waals surface area contributed by atoms with Gasteiger partial charge in [-0.25, -0.2) is 4.98 Å². The van der Waals surface area contributed by atoms with Gasteiger partial charge in [0.15, 0.2) is 0 Å². The first kappa shape index (κ1) is 24.3. The van der Waals surface area contributed by atoms with Gasteiger partial charge in [0, 0.05) is 38.4 Å². The van der Waals surface area contributed by atoms with Crippen LogP contribution in [0.1, 0.15) is 40.0 Å². The number of nitrogens with one attached hydrogen (secondary N) is 2. The van der Waals surface area contributed by atoms with E-state index in [1.165, 1.54) is 0 Å². The number of rotatable bonds is 2. The average molecular weight is 478 g/mol. The second-order valence-corrected chi connectivity index (χ2v) is 8.75. The van der Waals surface area contributed by atoms with E-state index < -0.39 is 0 Å². The van der Waals surface area contributed by atoms with Crippen LogP contribution in [0.25, 0.3) is 5.65 Å². The molecule has 0 spiro atoms. The van der Waals surface area contributed by atoms with Crippen LogP contribution in [0, 0.1) is 13.8 Å². The van der Waals surface area contributed by atoms with Crippen LogP contribution in [0.3, 0.4) is 0 Å². The number of ether oxygens (including phenoxy) is 1. The van der Waals surface area contributed by atoms with Crippen molar-refractivity contribution in [3.63, 3.8) is 0 Å². The highest BCUT2D eigenvalue weighted by atomic mass is 16.5. The number of carbonyl (C=O) groups excluding carboxylic acids is 3. The molecule has 1 aliphatic rings. The van der Waals surface area contributed by atoms with Crippen LogP contribution in [0.4, 0.5) is 0 Å². The first-order chi connectivity index (χ1) is 16.9. The summed E-state index contributed by atoms with van der Waals surface area (Å²) in [5, 5.41) is 5.74. The molecule has 0 aliphatic carbocycles. The van der Waals surface area contributed by atoms with Crippen molar-refractivity contribution in [2.45, 2.75) is 33.1 Å². The number of fused-ring (bicyclic) bond motifs is 2. The largest absolute Gasteiger partial charge is 0.491 e. The molecule has 1 aliphatic heterocycles. The van der Waals surface area contributed by atoms with Crippen LogP contribution < -0.4 is 15.4 Å². The number of carbonyl (C=O) groups is 3. The zero-order chi connectivity index (χ0) is 24.8. The molecule has 9 heteroatoms. The van der Waals surface area contributed by atoms with E-state index in [-0.39, 0.29) is 37.3 Å². The van der Waals surface area contributed by atoms with Gasteiger partial charge in [0.1, 0.15) is 18.0 Å².